The van der Waals surface area contributed by atoms with Gasteiger partial charge in [-0.25, -0.2) is 4.98 Å². The maximum absolute atomic E-state index is 8.77. The largest absolute Gasteiger partial charge is 0.436 e. The quantitative estimate of drug-likeness (QED) is 0.823. The van der Waals surface area contributed by atoms with Gasteiger partial charge in [-0.2, -0.15) is 5.26 Å². The van der Waals surface area contributed by atoms with E-state index in [1.807, 2.05) is 26.0 Å². The Labute approximate surface area is 103 Å². The molecule has 0 atom stereocenters. The number of benzene rings is 1. The van der Waals surface area contributed by atoms with E-state index in [1.54, 1.807) is 12.1 Å². The second kappa shape index (κ2) is 4.52. The fourth-order valence-corrected chi connectivity index (χ4v) is 2.17. The summed E-state index contributed by atoms with van der Waals surface area (Å²) in [6.45, 7) is 3.77. The fraction of sp³-hybridized carbons (Fsp3) is 0.167. The number of hydrogen-bond donors (Lipinski definition) is 1. The van der Waals surface area contributed by atoms with Gasteiger partial charge < -0.3 is 10.2 Å². The number of nitrogen functional groups attached to an aromatic ring is 1. The highest BCUT2D eigenvalue weighted by molar-refractivity contribution is 7.99. The summed E-state index contributed by atoms with van der Waals surface area (Å²) in [5.74, 6) is 0.814. The van der Waals surface area contributed by atoms with Crippen molar-refractivity contribution in [3.63, 3.8) is 0 Å². The summed E-state index contributed by atoms with van der Waals surface area (Å²) in [7, 11) is 0. The average molecular weight is 245 g/mol. The van der Waals surface area contributed by atoms with Crippen molar-refractivity contribution in [3.05, 3.63) is 35.2 Å². The molecule has 0 aliphatic rings. The van der Waals surface area contributed by atoms with Crippen LogP contribution in [0.2, 0.25) is 0 Å². The molecule has 0 unspecified atom stereocenters. The van der Waals surface area contributed by atoms with Gasteiger partial charge in [0.2, 0.25) is 0 Å². The highest BCUT2D eigenvalue weighted by Crippen LogP contribution is 2.30. The van der Waals surface area contributed by atoms with Gasteiger partial charge >= 0.3 is 0 Å². The van der Waals surface area contributed by atoms with E-state index >= 15 is 0 Å². The summed E-state index contributed by atoms with van der Waals surface area (Å²) in [6.07, 6.45) is 0. The minimum atomic E-state index is 0.470. The molecule has 2 aromatic rings. The highest BCUT2D eigenvalue weighted by atomic mass is 32.2. The van der Waals surface area contributed by atoms with Gasteiger partial charge in [-0.3, -0.25) is 0 Å². The summed E-state index contributed by atoms with van der Waals surface area (Å²) in [5.41, 5.74) is 7.57. The molecule has 0 fully saturated rings. The molecule has 0 aliphatic heterocycles. The van der Waals surface area contributed by atoms with Crippen molar-refractivity contribution < 1.29 is 4.42 Å². The number of hydrogen-bond acceptors (Lipinski definition) is 5. The molecular weight excluding hydrogens is 234 g/mol. The summed E-state index contributed by atoms with van der Waals surface area (Å²) in [6, 6.07) is 7.30. The second-order valence-corrected chi connectivity index (χ2v) is 4.61. The molecule has 86 valence electrons. The lowest BCUT2D eigenvalue weighted by Gasteiger charge is -2.00. The molecule has 0 bridgehead atoms. The van der Waals surface area contributed by atoms with Gasteiger partial charge in [-0.15, -0.1) is 0 Å². The Bertz CT molecular complexity index is 579. The number of nitriles is 1. The van der Waals surface area contributed by atoms with Crippen LogP contribution in [0.25, 0.3) is 0 Å². The van der Waals surface area contributed by atoms with E-state index in [9.17, 15) is 0 Å². The van der Waals surface area contributed by atoms with Crippen molar-refractivity contribution in [3.8, 4) is 6.07 Å². The standard InChI is InChI=1S/C12H11N3OS/c1-7-8(2)16-12(15-7)17-10-4-3-9(6-13)11(14)5-10/h3-5H,14H2,1-2H3. The van der Waals surface area contributed by atoms with Crippen molar-refractivity contribution in [2.24, 2.45) is 0 Å². The predicted molar refractivity (Wildman–Crippen MR) is 65.7 cm³/mol. The van der Waals surface area contributed by atoms with Crippen molar-refractivity contribution in [1.82, 2.24) is 4.98 Å². The number of oxazole rings is 1. The summed E-state index contributed by atoms with van der Waals surface area (Å²) < 4.78 is 5.46. The number of nitrogens with two attached hydrogens (primary N) is 1. The van der Waals surface area contributed by atoms with E-state index in [1.165, 1.54) is 11.8 Å². The van der Waals surface area contributed by atoms with Crippen LogP contribution in [0.3, 0.4) is 0 Å². The SMILES string of the molecule is Cc1nc(Sc2ccc(C#N)c(N)c2)oc1C. The van der Waals surface area contributed by atoms with Crippen molar-refractivity contribution >= 4 is 17.4 Å². The number of aromatic nitrogens is 1. The molecule has 0 saturated heterocycles. The van der Waals surface area contributed by atoms with Gasteiger partial charge in [0.1, 0.15) is 11.8 Å². The molecule has 17 heavy (non-hydrogen) atoms. The minimum Gasteiger partial charge on any atom is -0.436 e. The summed E-state index contributed by atoms with van der Waals surface area (Å²) in [5, 5.41) is 9.36. The van der Waals surface area contributed by atoms with Crippen LogP contribution < -0.4 is 5.73 Å². The molecular formula is C12H11N3OS. The van der Waals surface area contributed by atoms with Crippen LogP contribution in [0, 0.1) is 25.2 Å². The minimum absolute atomic E-state index is 0.470. The third kappa shape index (κ3) is 2.43. The molecule has 0 aliphatic carbocycles. The van der Waals surface area contributed by atoms with Gasteiger partial charge in [-0.1, -0.05) is 0 Å². The summed E-state index contributed by atoms with van der Waals surface area (Å²) >= 11 is 1.39. The first kappa shape index (κ1) is 11.6. The fourth-order valence-electron chi connectivity index (χ4n) is 1.29. The first-order chi connectivity index (χ1) is 8.10. The van der Waals surface area contributed by atoms with Gasteiger partial charge in [0.05, 0.1) is 16.9 Å². The van der Waals surface area contributed by atoms with Gasteiger partial charge in [0.25, 0.3) is 5.22 Å². The van der Waals surface area contributed by atoms with Gasteiger partial charge in [0.15, 0.2) is 0 Å². The van der Waals surface area contributed by atoms with Crippen LogP contribution >= 0.6 is 11.8 Å². The van der Waals surface area contributed by atoms with Crippen LogP contribution in [-0.2, 0) is 0 Å². The summed E-state index contributed by atoms with van der Waals surface area (Å²) in [4.78, 5) is 5.17. The third-order valence-electron chi connectivity index (χ3n) is 2.36. The lowest BCUT2D eigenvalue weighted by atomic mass is 10.2. The first-order valence-corrected chi connectivity index (χ1v) is 5.83. The molecule has 4 nitrogen and oxygen atoms in total. The molecule has 0 saturated carbocycles. The molecule has 2 N–H and O–H groups in total. The van der Waals surface area contributed by atoms with E-state index in [-0.39, 0.29) is 0 Å². The Kier molecular flexibility index (Phi) is 3.07. The van der Waals surface area contributed by atoms with Gasteiger partial charge in [0, 0.05) is 4.90 Å². The van der Waals surface area contributed by atoms with E-state index < -0.39 is 0 Å². The zero-order chi connectivity index (χ0) is 12.4. The first-order valence-electron chi connectivity index (χ1n) is 5.01. The van der Waals surface area contributed by atoms with E-state index in [0.29, 0.717) is 16.5 Å². The molecule has 0 amide bonds. The van der Waals surface area contributed by atoms with Crippen LogP contribution in [0.15, 0.2) is 32.7 Å². The van der Waals surface area contributed by atoms with E-state index in [2.05, 4.69) is 4.98 Å². The smallest absolute Gasteiger partial charge is 0.260 e. The van der Waals surface area contributed by atoms with Gasteiger partial charge in [-0.05, 0) is 43.8 Å². The Balaban J connectivity index is 2.25. The molecule has 1 aromatic carbocycles. The topological polar surface area (TPSA) is 75.8 Å². The monoisotopic (exact) mass is 245 g/mol. The zero-order valence-corrected chi connectivity index (χ0v) is 10.3. The molecule has 0 spiro atoms. The average Bonchev–Trinajstić information content (AvgIpc) is 2.58. The molecule has 5 heteroatoms. The molecule has 2 rings (SSSR count). The highest BCUT2D eigenvalue weighted by Gasteiger charge is 2.08. The number of nitrogens with zero attached hydrogens (tertiary/aromatic N) is 2. The van der Waals surface area contributed by atoms with Crippen molar-refractivity contribution in [2.45, 2.75) is 24.0 Å². The van der Waals surface area contributed by atoms with Crippen LogP contribution in [0.5, 0.6) is 0 Å². The van der Waals surface area contributed by atoms with Crippen LogP contribution in [-0.4, -0.2) is 4.98 Å². The maximum atomic E-state index is 8.77. The predicted octanol–water partition coefficient (Wildman–Crippen LogP) is 2.90. The number of aryl methyl sites for hydroxylation is 2. The lowest BCUT2D eigenvalue weighted by molar-refractivity contribution is 0.431. The Morgan fingerprint density at radius 2 is 2.18 bits per heavy atom. The number of anilines is 1. The normalized spacial score (nSPS) is 10.2. The Morgan fingerprint density at radius 3 is 2.71 bits per heavy atom. The van der Waals surface area contributed by atoms with Crippen LogP contribution in [0.4, 0.5) is 5.69 Å². The lowest BCUT2D eigenvalue weighted by Crippen LogP contribution is -1.89. The third-order valence-corrected chi connectivity index (χ3v) is 3.20. The molecule has 0 radical (unpaired) electrons. The van der Waals surface area contributed by atoms with Crippen molar-refractivity contribution in [2.75, 3.05) is 5.73 Å². The Morgan fingerprint density at radius 1 is 1.41 bits per heavy atom. The van der Waals surface area contributed by atoms with E-state index in [0.717, 1.165) is 16.3 Å². The van der Waals surface area contributed by atoms with Crippen molar-refractivity contribution in [1.29, 1.82) is 5.26 Å². The van der Waals surface area contributed by atoms with E-state index in [4.69, 9.17) is 15.4 Å². The molecule has 1 heterocycles. The maximum Gasteiger partial charge on any atom is 0.260 e. The second-order valence-electron chi connectivity index (χ2n) is 3.58. The van der Waals surface area contributed by atoms with Crippen LogP contribution in [0.1, 0.15) is 17.0 Å². The Hall–Kier alpha value is -1.93. The number of rotatable bonds is 2. The zero-order valence-electron chi connectivity index (χ0n) is 9.52. The molecule has 1 aromatic heterocycles.